The van der Waals surface area contributed by atoms with Gasteiger partial charge >= 0.3 is 0 Å². The quantitative estimate of drug-likeness (QED) is 0.398. The number of benzene rings is 2. The molecule has 0 radical (unpaired) electrons. The number of hydrogen-bond donors (Lipinski definition) is 0. The molecule has 0 N–H and O–H groups in total. The maximum absolute atomic E-state index is 13.2. The molecule has 0 atom stereocenters. The summed E-state index contributed by atoms with van der Waals surface area (Å²) in [7, 11) is 3.22. The second-order valence-electron chi connectivity index (χ2n) is 9.82. The minimum absolute atomic E-state index is 0.0521. The van der Waals surface area contributed by atoms with Crippen LogP contribution >= 0.6 is 11.6 Å². The average molecular weight is 550 g/mol. The molecule has 39 heavy (non-hydrogen) atoms. The Labute approximate surface area is 233 Å². The number of rotatable bonds is 9. The summed E-state index contributed by atoms with van der Waals surface area (Å²) in [4.78, 5) is 32.0. The lowest BCUT2D eigenvalue weighted by Crippen LogP contribution is -2.52. The monoisotopic (exact) mass is 549 g/mol. The van der Waals surface area contributed by atoms with Crippen molar-refractivity contribution < 1.29 is 19.1 Å². The Kier molecular flexibility index (Phi) is 8.16. The first-order chi connectivity index (χ1) is 19.0. The van der Waals surface area contributed by atoms with Crippen LogP contribution in [0.5, 0.6) is 11.5 Å². The first-order valence-electron chi connectivity index (χ1n) is 13.1. The van der Waals surface area contributed by atoms with Gasteiger partial charge in [0, 0.05) is 44.4 Å². The number of anilines is 1. The number of nitrogens with zero attached hydrogens (tertiary/aromatic N) is 5. The predicted molar refractivity (Wildman–Crippen MR) is 149 cm³/mol. The van der Waals surface area contributed by atoms with Gasteiger partial charge < -0.3 is 24.2 Å². The van der Waals surface area contributed by atoms with Crippen LogP contribution in [0.15, 0.2) is 54.6 Å². The van der Waals surface area contributed by atoms with Gasteiger partial charge in [0.25, 0.3) is 5.91 Å². The fourth-order valence-electron chi connectivity index (χ4n) is 4.73. The molecule has 1 aliphatic carbocycles. The number of methoxy groups -OCH3 is 2. The normalized spacial score (nSPS) is 15.2. The number of halogens is 1. The van der Waals surface area contributed by atoms with E-state index in [4.69, 9.17) is 21.1 Å². The van der Waals surface area contributed by atoms with Crippen LogP contribution in [0.3, 0.4) is 0 Å². The molecule has 10 heteroatoms. The number of hydrogen-bond acceptors (Lipinski definition) is 7. The molecular formula is C29H32ClN5O4. The Morgan fingerprint density at radius 2 is 1.74 bits per heavy atom. The summed E-state index contributed by atoms with van der Waals surface area (Å²) < 4.78 is 10.8. The van der Waals surface area contributed by atoms with Crippen LogP contribution < -0.4 is 14.4 Å². The fraction of sp³-hybridized carbons (Fsp3) is 0.379. The third-order valence-corrected chi connectivity index (χ3v) is 7.51. The molecule has 1 aliphatic heterocycles. The molecule has 1 aromatic heterocycles. The van der Waals surface area contributed by atoms with E-state index < -0.39 is 0 Å². The first-order valence-corrected chi connectivity index (χ1v) is 13.5. The zero-order valence-corrected chi connectivity index (χ0v) is 22.9. The summed E-state index contributed by atoms with van der Waals surface area (Å²) in [6, 6.07) is 16.4. The smallest absolute Gasteiger partial charge is 0.255 e. The van der Waals surface area contributed by atoms with E-state index >= 15 is 0 Å². The second kappa shape index (κ2) is 11.9. The summed E-state index contributed by atoms with van der Waals surface area (Å²) in [5, 5.41) is 9.27. The van der Waals surface area contributed by atoms with E-state index in [1.165, 1.54) is 0 Å². The summed E-state index contributed by atoms with van der Waals surface area (Å²) in [5.41, 5.74) is 1.97. The number of aromatic nitrogens is 2. The maximum atomic E-state index is 13.2. The maximum Gasteiger partial charge on any atom is 0.255 e. The molecule has 2 heterocycles. The Morgan fingerprint density at radius 1 is 0.974 bits per heavy atom. The van der Waals surface area contributed by atoms with Crippen molar-refractivity contribution in [3.05, 3.63) is 65.2 Å². The molecule has 9 nitrogen and oxygen atoms in total. The lowest BCUT2D eigenvalue weighted by atomic mass is 10.1. The molecule has 0 bridgehead atoms. The lowest BCUT2D eigenvalue weighted by molar-refractivity contribution is -0.132. The summed E-state index contributed by atoms with van der Waals surface area (Å²) in [5.74, 6) is 2.33. The molecule has 1 saturated heterocycles. The van der Waals surface area contributed by atoms with Crippen LogP contribution in [-0.2, 0) is 4.79 Å². The number of carbonyl (C=O) groups excluding carboxylic acids is 2. The van der Waals surface area contributed by atoms with E-state index in [-0.39, 0.29) is 18.4 Å². The second-order valence-corrected chi connectivity index (χ2v) is 10.2. The van der Waals surface area contributed by atoms with Crippen molar-refractivity contribution in [3.63, 3.8) is 0 Å². The van der Waals surface area contributed by atoms with Crippen molar-refractivity contribution in [3.8, 4) is 22.8 Å². The topological polar surface area (TPSA) is 88.1 Å². The highest BCUT2D eigenvalue weighted by Crippen LogP contribution is 2.33. The Hall–Kier alpha value is -3.85. The Balaban J connectivity index is 1.19. The summed E-state index contributed by atoms with van der Waals surface area (Å²) >= 11 is 6.28. The van der Waals surface area contributed by atoms with Crippen LogP contribution in [0.25, 0.3) is 11.3 Å². The highest BCUT2D eigenvalue weighted by molar-refractivity contribution is 6.33. The van der Waals surface area contributed by atoms with Gasteiger partial charge in [-0.05, 0) is 55.2 Å². The highest BCUT2D eigenvalue weighted by atomic mass is 35.5. The number of ether oxygens (including phenoxy) is 2. The number of piperazine rings is 1. The van der Waals surface area contributed by atoms with Gasteiger partial charge in [0.1, 0.15) is 18.0 Å². The molecule has 2 aromatic carbocycles. The average Bonchev–Trinajstić information content (AvgIpc) is 3.80. The van der Waals surface area contributed by atoms with Gasteiger partial charge in [-0.25, -0.2) is 0 Å². The van der Waals surface area contributed by atoms with Crippen LogP contribution in [0, 0.1) is 5.92 Å². The molecule has 2 amide bonds. The molecular weight excluding hydrogens is 518 g/mol. The molecule has 2 aliphatic rings. The van der Waals surface area contributed by atoms with Crippen molar-refractivity contribution >= 4 is 29.2 Å². The van der Waals surface area contributed by atoms with E-state index in [0.717, 1.165) is 24.2 Å². The van der Waals surface area contributed by atoms with Crippen LogP contribution in [0.4, 0.5) is 5.82 Å². The molecule has 2 fully saturated rings. The minimum Gasteiger partial charge on any atom is -0.497 e. The van der Waals surface area contributed by atoms with Gasteiger partial charge in [0.05, 0.1) is 30.5 Å². The lowest BCUT2D eigenvalue weighted by Gasteiger charge is -2.36. The van der Waals surface area contributed by atoms with E-state index in [1.807, 2.05) is 35.2 Å². The molecule has 0 spiro atoms. The van der Waals surface area contributed by atoms with Crippen LogP contribution in [0.2, 0.25) is 5.02 Å². The van der Waals surface area contributed by atoms with Crippen molar-refractivity contribution in [2.24, 2.45) is 5.92 Å². The van der Waals surface area contributed by atoms with Gasteiger partial charge in [-0.1, -0.05) is 23.7 Å². The SMILES string of the molecule is COc1ccc(-c2ccc(N3CCN(C(=O)CN(CC4CC4)C(=O)c4ccccc4Cl)CC3)nn2)c(OC)c1. The third kappa shape index (κ3) is 6.25. The van der Waals surface area contributed by atoms with Gasteiger partial charge in [0.15, 0.2) is 5.82 Å². The van der Waals surface area contributed by atoms with Crippen molar-refractivity contribution in [1.82, 2.24) is 20.0 Å². The minimum atomic E-state index is -0.191. The Bertz CT molecular complexity index is 1320. The third-order valence-electron chi connectivity index (χ3n) is 7.18. The number of amides is 2. The largest absolute Gasteiger partial charge is 0.497 e. The van der Waals surface area contributed by atoms with Gasteiger partial charge in [-0.2, -0.15) is 0 Å². The molecule has 204 valence electrons. The zero-order valence-electron chi connectivity index (χ0n) is 22.2. The van der Waals surface area contributed by atoms with E-state index in [2.05, 4.69) is 15.1 Å². The Morgan fingerprint density at radius 3 is 2.38 bits per heavy atom. The molecule has 0 unspecified atom stereocenters. The van der Waals surface area contributed by atoms with Gasteiger partial charge in [0.2, 0.25) is 5.91 Å². The molecule has 5 rings (SSSR count). The van der Waals surface area contributed by atoms with Crippen molar-refractivity contribution in [2.75, 3.05) is 58.4 Å². The standard InChI is InChI=1S/C29H32ClN5O4/c1-38-21-9-10-23(26(17-21)39-2)25-11-12-27(32-31-25)33-13-15-34(16-14-33)28(36)19-35(18-20-7-8-20)29(37)22-5-3-4-6-24(22)30/h3-6,9-12,17,20H,7-8,13-16,18-19H2,1-2H3. The highest BCUT2D eigenvalue weighted by Gasteiger charge is 2.31. The van der Waals surface area contributed by atoms with Gasteiger partial charge in [-0.3, -0.25) is 9.59 Å². The number of carbonyl (C=O) groups is 2. The van der Waals surface area contributed by atoms with Gasteiger partial charge in [-0.15, -0.1) is 10.2 Å². The van der Waals surface area contributed by atoms with E-state index in [1.54, 1.807) is 43.4 Å². The summed E-state index contributed by atoms with van der Waals surface area (Å²) in [6.07, 6.45) is 2.18. The van der Waals surface area contributed by atoms with E-state index in [0.29, 0.717) is 66.4 Å². The van der Waals surface area contributed by atoms with Crippen molar-refractivity contribution in [2.45, 2.75) is 12.8 Å². The summed E-state index contributed by atoms with van der Waals surface area (Å²) in [6.45, 7) is 2.99. The van der Waals surface area contributed by atoms with Crippen molar-refractivity contribution in [1.29, 1.82) is 0 Å². The van der Waals surface area contributed by atoms with E-state index in [9.17, 15) is 9.59 Å². The first kappa shape index (κ1) is 26.7. The van der Waals surface area contributed by atoms with Crippen LogP contribution in [-0.4, -0.2) is 85.3 Å². The zero-order chi connectivity index (χ0) is 27.4. The predicted octanol–water partition coefficient (Wildman–Crippen LogP) is 4.02. The fourth-order valence-corrected chi connectivity index (χ4v) is 4.95. The van der Waals surface area contributed by atoms with Crippen LogP contribution in [0.1, 0.15) is 23.2 Å². The molecule has 3 aromatic rings. The molecule has 1 saturated carbocycles.